The Bertz CT molecular complexity index is 1490. The molecular weight excluding hydrogens is 452 g/mol. The molecule has 0 saturated carbocycles. The second-order valence-electron chi connectivity index (χ2n) is 7.96. The molecule has 2 N–H and O–H groups in total. The summed E-state index contributed by atoms with van der Waals surface area (Å²) in [6, 6.07) is 17.2. The average molecular weight is 475 g/mol. The molecule has 4 aromatic rings. The zero-order valence-electron chi connectivity index (χ0n) is 18.2. The summed E-state index contributed by atoms with van der Waals surface area (Å²) in [6.45, 7) is 1.35. The Kier molecular flexibility index (Phi) is 5.99. The van der Waals surface area contributed by atoms with Crippen LogP contribution in [-0.4, -0.2) is 51.2 Å². The molecule has 0 aliphatic carbocycles. The predicted molar refractivity (Wildman–Crippen MR) is 130 cm³/mol. The van der Waals surface area contributed by atoms with Gasteiger partial charge < -0.3 is 15.4 Å². The number of rotatable bonds is 5. The standard InChI is InChI=1S/C24H22N6O3S/c25-23-21-22(17-8-10-20(11-9-17)33-19-6-2-1-3-7-19)28-30(24(21)27-16-26-23)18-5-4-12-29(15-18)13-14-34(31)32/h1-3,6-11,13,16,18H,4-5,12,15H2,(H2,25,26,27). The minimum Gasteiger partial charge on any atom is -0.457 e. The van der Waals surface area contributed by atoms with Gasteiger partial charge in [-0.05, 0) is 49.2 Å². The molecule has 0 spiro atoms. The van der Waals surface area contributed by atoms with E-state index in [2.05, 4.69) is 15.0 Å². The Morgan fingerprint density at radius 1 is 1.06 bits per heavy atom. The Morgan fingerprint density at radius 3 is 2.59 bits per heavy atom. The number of hydrogen-bond acceptors (Lipinski definition) is 8. The molecule has 1 aliphatic heterocycles. The Labute approximate surface area is 197 Å². The first-order valence-corrected chi connectivity index (χ1v) is 11.9. The highest BCUT2D eigenvalue weighted by atomic mass is 32.2. The average Bonchev–Trinajstić information content (AvgIpc) is 3.25. The van der Waals surface area contributed by atoms with Crippen LogP contribution in [0.25, 0.3) is 22.3 Å². The van der Waals surface area contributed by atoms with Crippen molar-refractivity contribution in [3.05, 3.63) is 67.1 Å². The van der Waals surface area contributed by atoms with Crippen molar-refractivity contribution in [2.24, 2.45) is 0 Å². The van der Waals surface area contributed by atoms with Gasteiger partial charge in [0.1, 0.15) is 29.3 Å². The summed E-state index contributed by atoms with van der Waals surface area (Å²) in [4.78, 5) is 10.6. The molecule has 1 saturated heterocycles. The smallest absolute Gasteiger partial charge is 0.261 e. The fraction of sp³-hybridized carbons (Fsp3) is 0.208. The lowest BCUT2D eigenvalue weighted by atomic mass is 10.1. The Hall–Kier alpha value is -4.14. The van der Waals surface area contributed by atoms with Gasteiger partial charge >= 0.3 is 0 Å². The summed E-state index contributed by atoms with van der Waals surface area (Å²) in [7, 11) is -2.35. The highest BCUT2D eigenvalue weighted by molar-refractivity contribution is 7.70. The first-order chi connectivity index (χ1) is 16.6. The third kappa shape index (κ3) is 4.50. The van der Waals surface area contributed by atoms with E-state index in [0.717, 1.165) is 30.7 Å². The molecule has 172 valence electrons. The van der Waals surface area contributed by atoms with Gasteiger partial charge in [-0.3, -0.25) is 0 Å². The molecule has 0 radical (unpaired) electrons. The van der Waals surface area contributed by atoms with Gasteiger partial charge in [-0.15, -0.1) is 0 Å². The number of nitrogen functional groups attached to an aromatic ring is 1. The summed E-state index contributed by atoms with van der Waals surface area (Å²) in [5.41, 5.74) is 8.47. The zero-order chi connectivity index (χ0) is 23.5. The number of hydrogen-bond donors (Lipinski definition) is 1. The quantitative estimate of drug-likeness (QED) is 0.438. The summed E-state index contributed by atoms with van der Waals surface area (Å²) >= 11 is 0. The number of ether oxygens (including phenoxy) is 1. The Morgan fingerprint density at radius 2 is 1.82 bits per heavy atom. The molecule has 0 amide bonds. The normalized spacial score (nSPS) is 15.6. The van der Waals surface area contributed by atoms with E-state index in [4.69, 9.17) is 15.6 Å². The van der Waals surface area contributed by atoms with Gasteiger partial charge in [-0.1, -0.05) is 18.2 Å². The first kappa shape index (κ1) is 21.7. The van der Waals surface area contributed by atoms with E-state index >= 15 is 0 Å². The van der Waals surface area contributed by atoms with E-state index in [0.29, 0.717) is 34.8 Å². The van der Waals surface area contributed by atoms with Gasteiger partial charge in [-0.25, -0.2) is 14.6 Å². The summed E-state index contributed by atoms with van der Waals surface area (Å²) in [5.74, 6) is 1.83. The number of benzene rings is 2. The highest BCUT2D eigenvalue weighted by Crippen LogP contribution is 2.34. The van der Waals surface area contributed by atoms with Gasteiger partial charge in [0.2, 0.25) is 0 Å². The lowest BCUT2D eigenvalue weighted by molar-refractivity contribution is 0.230. The van der Waals surface area contributed by atoms with Crippen LogP contribution in [0.1, 0.15) is 18.9 Å². The van der Waals surface area contributed by atoms with E-state index in [1.54, 1.807) is 0 Å². The number of nitrogens with zero attached hydrogens (tertiary/aromatic N) is 5. The van der Waals surface area contributed by atoms with E-state index in [1.807, 2.05) is 64.2 Å². The van der Waals surface area contributed by atoms with Crippen LogP contribution in [-0.2, 0) is 10.3 Å². The number of fused-ring (bicyclic) bond motifs is 1. The molecule has 1 atom stereocenters. The maximum atomic E-state index is 10.9. The monoisotopic (exact) mass is 474 g/mol. The van der Waals surface area contributed by atoms with Gasteiger partial charge in [0.15, 0.2) is 5.65 Å². The second-order valence-corrected chi connectivity index (χ2v) is 8.67. The van der Waals surface area contributed by atoms with Gasteiger partial charge in [-0.2, -0.15) is 13.5 Å². The summed E-state index contributed by atoms with van der Waals surface area (Å²) in [6.07, 6.45) is 4.69. The van der Waals surface area contributed by atoms with Gasteiger partial charge in [0.05, 0.1) is 17.6 Å². The van der Waals surface area contributed by atoms with Crippen LogP contribution in [0.3, 0.4) is 0 Å². The minimum absolute atomic E-state index is 0.00174. The molecule has 1 unspecified atom stereocenters. The van der Waals surface area contributed by atoms with Crippen LogP contribution in [0.4, 0.5) is 5.82 Å². The number of likely N-dealkylation sites (tertiary alicyclic amines) is 1. The van der Waals surface area contributed by atoms with Crippen LogP contribution in [0.2, 0.25) is 0 Å². The summed E-state index contributed by atoms with van der Waals surface area (Å²) in [5, 5.41) is 7.91. The second kappa shape index (κ2) is 9.38. The number of para-hydroxylation sites is 1. The summed E-state index contributed by atoms with van der Waals surface area (Å²) < 4.78 is 29.5. The molecule has 9 nitrogen and oxygen atoms in total. The van der Waals surface area contributed by atoms with Crippen LogP contribution in [0, 0.1) is 0 Å². The first-order valence-electron chi connectivity index (χ1n) is 10.8. The third-order valence-corrected chi connectivity index (χ3v) is 6.03. The number of piperidine rings is 1. The molecule has 1 fully saturated rings. The van der Waals surface area contributed by atoms with Crippen molar-refractivity contribution in [2.75, 3.05) is 18.8 Å². The van der Waals surface area contributed by atoms with Crippen molar-refractivity contribution in [1.29, 1.82) is 0 Å². The van der Waals surface area contributed by atoms with Crippen molar-refractivity contribution in [3.63, 3.8) is 0 Å². The molecule has 34 heavy (non-hydrogen) atoms. The van der Waals surface area contributed by atoms with Gasteiger partial charge in [0, 0.05) is 23.7 Å². The largest absolute Gasteiger partial charge is 0.457 e. The minimum atomic E-state index is -2.35. The van der Waals surface area contributed by atoms with Crippen LogP contribution < -0.4 is 10.5 Å². The van der Waals surface area contributed by atoms with E-state index < -0.39 is 10.3 Å². The number of anilines is 1. The molecule has 10 heteroatoms. The fourth-order valence-electron chi connectivity index (χ4n) is 4.18. The predicted octanol–water partition coefficient (Wildman–Crippen LogP) is 3.30. The van der Waals surface area contributed by atoms with Crippen molar-refractivity contribution in [2.45, 2.75) is 18.9 Å². The third-order valence-electron chi connectivity index (χ3n) is 5.73. The SMILES string of the molecule is Nc1ncnc2c1c(-c1ccc(Oc3ccccc3)cc1)nn2C1CCCN(C=C=S(=O)=O)C1. The number of aromatic nitrogens is 4. The van der Waals surface area contributed by atoms with E-state index in [1.165, 1.54) is 12.5 Å². The van der Waals surface area contributed by atoms with Crippen molar-refractivity contribution < 1.29 is 13.2 Å². The van der Waals surface area contributed by atoms with Crippen LogP contribution in [0.5, 0.6) is 11.5 Å². The maximum absolute atomic E-state index is 10.9. The Balaban J connectivity index is 1.50. The fourth-order valence-corrected chi connectivity index (χ4v) is 4.41. The zero-order valence-corrected chi connectivity index (χ0v) is 19.0. The van der Waals surface area contributed by atoms with Gasteiger partial charge in [0.25, 0.3) is 10.3 Å². The van der Waals surface area contributed by atoms with Crippen molar-refractivity contribution in [1.82, 2.24) is 24.6 Å². The molecular formula is C24H22N6O3S. The van der Waals surface area contributed by atoms with E-state index in [9.17, 15) is 8.42 Å². The highest BCUT2D eigenvalue weighted by Gasteiger charge is 2.25. The topological polar surface area (TPSA) is 116 Å². The molecule has 1 aliphatic rings. The molecule has 0 bridgehead atoms. The molecule has 3 heterocycles. The lowest BCUT2D eigenvalue weighted by Gasteiger charge is -2.31. The van der Waals surface area contributed by atoms with Crippen molar-refractivity contribution in [3.8, 4) is 22.8 Å². The number of nitrogens with two attached hydrogens (primary N) is 1. The molecule has 2 aromatic carbocycles. The van der Waals surface area contributed by atoms with E-state index in [-0.39, 0.29) is 6.04 Å². The van der Waals surface area contributed by atoms with Crippen LogP contribution in [0.15, 0.2) is 67.1 Å². The molecule has 2 aromatic heterocycles. The lowest BCUT2D eigenvalue weighted by Crippen LogP contribution is -2.33. The maximum Gasteiger partial charge on any atom is 0.261 e. The van der Waals surface area contributed by atoms with Crippen molar-refractivity contribution >= 4 is 32.2 Å². The van der Waals surface area contributed by atoms with Crippen LogP contribution >= 0.6 is 0 Å². The molecule has 5 rings (SSSR count).